The molecule has 0 bridgehead atoms. The van der Waals surface area contributed by atoms with E-state index in [0.717, 1.165) is 9.87 Å². The minimum Gasteiger partial charge on any atom is -0.279 e. The molecule has 0 aliphatic carbocycles. The van der Waals surface area contributed by atoms with Gasteiger partial charge >= 0.3 is 0 Å². The molecule has 0 heterocycles. The average Bonchev–Trinajstić information content (AvgIpc) is 2.53. The zero-order chi connectivity index (χ0) is 17.0. The summed E-state index contributed by atoms with van der Waals surface area (Å²) in [6, 6.07) is 13.8. The maximum absolute atomic E-state index is 12.9. The topological polar surface area (TPSA) is 54.5 Å². The van der Waals surface area contributed by atoms with Gasteiger partial charge in [-0.25, -0.2) is 8.42 Å². The third-order valence-corrected chi connectivity index (χ3v) is 5.86. The van der Waals surface area contributed by atoms with E-state index >= 15 is 0 Å². The second kappa shape index (κ2) is 7.45. The summed E-state index contributed by atoms with van der Waals surface area (Å²) in [6.07, 6.45) is 0. The Morgan fingerprint density at radius 1 is 1.09 bits per heavy atom. The summed E-state index contributed by atoms with van der Waals surface area (Å²) in [5, 5.41) is -0.307. The van der Waals surface area contributed by atoms with Crippen molar-refractivity contribution in [2.75, 3.05) is 0 Å². The number of hydrogen-bond donors (Lipinski definition) is 0. The largest absolute Gasteiger partial charge is 0.279 e. The fraction of sp³-hybridized carbons (Fsp3) is 0.188. The summed E-state index contributed by atoms with van der Waals surface area (Å²) in [5.74, 6) is 0. The van der Waals surface area contributed by atoms with E-state index in [1.165, 1.54) is 31.2 Å². The molecular formula is C16H15Cl2NO3S. The van der Waals surface area contributed by atoms with Crippen molar-refractivity contribution in [3.63, 3.8) is 0 Å². The molecule has 1 unspecified atom stereocenters. The summed E-state index contributed by atoms with van der Waals surface area (Å²) in [4.78, 5) is 11.6. The van der Waals surface area contributed by atoms with Gasteiger partial charge in [0.2, 0.25) is 15.3 Å². The Bertz CT molecular complexity index is 777. The van der Waals surface area contributed by atoms with Gasteiger partial charge in [-0.05, 0) is 48.4 Å². The summed E-state index contributed by atoms with van der Waals surface area (Å²) < 4.78 is 26.8. The first-order chi connectivity index (χ1) is 10.8. The molecule has 2 rings (SSSR count). The third-order valence-electron chi connectivity index (χ3n) is 3.36. The molecule has 0 fully saturated rings. The van der Waals surface area contributed by atoms with E-state index in [2.05, 4.69) is 0 Å². The molecule has 0 radical (unpaired) electrons. The van der Waals surface area contributed by atoms with Crippen LogP contribution in [0.1, 0.15) is 12.5 Å². The molecule has 122 valence electrons. The molecule has 7 heteroatoms. The van der Waals surface area contributed by atoms with E-state index in [1.807, 2.05) is 6.07 Å². The molecule has 1 atom stereocenters. The Labute approximate surface area is 145 Å². The first-order valence-electron chi connectivity index (χ1n) is 6.83. The molecule has 2 aromatic carbocycles. The van der Waals surface area contributed by atoms with Crippen molar-refractivity contribution in [3.8, 4) is 0 Å². The van der Waals surface area contributed by atoms with Crippen molar-refractivity contribution in [1.82, 2.24) is 4.31 Å². The lowest BCUT2D eigenvalue weighted by molar-refractivity contribution is -0.114. The molecule has 23 heavy (non-hydrogen) atoms. The Balaban J connectivity index is 2.43. The number of hydrogen-bond acceptors (Lipinski definition) is 3. The molecule has 0 N–H and O–H groups in total. The highest BCUT2D eigenvalue weighted by atomic mass is 35.5. The van der Waals surface area contributed by atoms with Crippen LogP contribution in [0.3, 0.4) is 0 Å². The highest BCUT2D eigenvalue weighted by Gasteiger charge is 2.32. The number of rotatable bonds is 6. The normalized spacial score (nSPS) is 13.0. The van der Waals surface area contributed by atoms with Crippen molar-refractivity contribution < 1.29 is 13.2 Å². The molecule has 0 saturated carbocycles. The van der Waals surface area contributed by atoms with Crippen LogP contribution < -0.4 is 0 Å². The molecule has 0 amide bonds. The lowest BCUT2D eigenvalue weighted by Gasteiger charge is -2.26. The van der Waals surface area contributed by atoms with Gasteiger partial charge in [-0.1, -0.05) is 41.9 Å². The van der Waals surface area contributed by atoms with Gasteiger partial charge < -0.3 is 0 Å². The predicted molar refractivity (Wildman–Crippen MR) is 90.9 cm³/mol. The lowest BCUT2D eigenvalue weighted by atomic mass is 10.2. The fourth-order valence-electron chi connectivity index (χ4n) is 2.05. The molecular weight excluding hydrogens is 357 g/mol. The van der Waals surface area contributed by atoms with Gasteiger partial charge in [-0.2, -0.15) is 4.31 Å². The van der Waals surface area contributed by atoms with E-state index in [0.29, 0.717) is 5.02 Å². The molecule has 0 aliphatic heterocycles. The number of halogens is 2. The van der Waals surface area contributed by atoms with Crippen LogP contribution >= 0.6 is 23.2 Å². The predicted octanol–water partition coefficient (Wildman–Crippen LogP) is 3.68. The Hall–Kier alpha value is -1.40. The van der Waals surface area contributed by atoms with E-state index < -0.39 is 21.3 Å². The minimum atomic E-state index is -3.89. The van der Waals surface area contributed by atoms with Gasteiger partial charge in [0.05, 0.1) is 10.9 Å². The summed E-state index contributed by atoms with van der Waals surface area (Å²) in [7, 11) is -3.89. The van der Waals surface area contributed by atoms with Gasteiger partial charge in [0.15, 0.2) is 0 Å². The Morgan fingerprint density at radius 3 is 2.17 bits per heavy atom. The SMILES string of the molecule is CC(C(=O)Cl)N(Cc1ccccc1)S(=O)(=O)c1ccc(Cl)cc1. The molecule has 4 nitrogen and oxygen atoms in total. The van der Waals surface area contributed by atoms with Crippen LogP contribution in [0.15, 0.2) is 59.5 Å². The van der Waals surface area contributed by atoms with Gasteiger partial charge in [-0.15, -0.1) is 0 Å². The van der Waals surface area contributed by atoms with Gasteiger partial charge in [-0.3, -0.25) is 4.79 Å². The summed E-state index contributed by atoms with van der Waals surface area (Å²) in [6.45, 7) is 1.51. The monoisotopic (exact) mass is 371 g/mol. The smallest absolute Gasteiger partial charge is 0.244 e. The first kappa shape index (κ1) is 17.9. The van der Waals surface area contributed by atoms with Crippen molar-refractivity contribution in [3.05, 3.63) is 65.2 Å². The standard InChI is InChI=1S/C16H15Cl2NO3S/c1-12(16(18)20)19(11-13-5-3-2-4-6-13)23(21,22)15-9-7-14(17)8-10-15/h2-10,12H,11H2,1H3. The van der Waals surface area contributed by atoms with Crippen molar-refractivity contribution in [2.45, 2.75) is 24.4 Å². The van der Waals surface area contributed by atoms with Gasteiger partial charge in [0.25, 0.3) is 0 Å². The highest BCUT2D eigenvalue weighted by Crippen LogP contribution is 2.23. The van der Waals surface area contributed by atoms with Crippen LogP contribution in [0.4, 0.5) is 0 Å². The summed E-state index contributed by atoms with van der Waals surface area (Å²) >= 11 is 11.3. The van der Waals surface area contributed by atoms with Crippen molar-refractivity contribution >= 4 is 38.5 Å². The summed E-state index contributed by atoms with van der Waals surface area (Å²) in [5.41, 5.74) is 0.759. The molecule has 0 aromatic heterocycles. The zero-order valence-electron chi connectivity index (χ0n) is 12.3. The maximum Gasteiger partial charge on any atom is 0.244 e. The number of sulfonamides is 1. The highest BCUT2D eigenvalue weighted by molar-refractivity contribution is 7.89. The van der Waals surface area contributed by atoms with Crippen LogP contribution in [0.5, 0.6) is 0 Å². The van der Waals surface area contributed by atoms with Gasteiger partial charge in [0, 0.05) is 11.6 Å². The lowest BCUT2D eigenvalue weighted by Crippen LogP contribution is -2.41. The third kappa shape index (κ3) is 4.32. The van der Waals surface area contributed by atoms with E-state index in [4.69, 9.17) is 23.2 Å². The van der Waals surface area contributed by atoms with Crippen LogP contribution in [-0.4, -0.2) is 24.0 Å². The molecule has 0 spiro atoms. The zero-order valence-corrected chi connectivity index (χ0v) is 14.6. The Kier molecular flexibility index (Phi) is 5.81. The van der Waals surface area contributed by atoms with E-state index in [1.54, 1.807) is 24.3 Å². The van der Waals surface area contributed by atoms with Crippen LogP contribution in [0.2, 0.25) is 5.02 Å². The fourth-order valence-corrected chi connectivity index (χ4v) is 3.93. The number of nitrogens with zero attached hydrogens (tertiary/aromatic N) is 1. The molecule has 0 saturated heterocycles. The molecule has 0 aliphatic rings. The van der Waals surface area contributed by atoms with Crippen molar-refractivity contribution in [1.29, 1.82) is 0 Å². The van der Waals surface area contributed by atoms with Crippen LogP contribution in [0.25, 0.3) is 0 Å². The maximum atomic E-state index is 12.9. The van der Waals surface area contributed by atoms with Crippen LogP contribution in [0, 0.1) is 0 Å². The first-order valence-corrected chi connectivity index (χ1v) is 9.02. The second-order valence-corrected chi connectivity index (χ2v) is 7.67. The average molecular weight is 372 g/mol. The second-order valence-electron chi connectivity index (χ2n) is 4.97. The Morgan fingerprint density at radius 2 is 1.65 bits per heavy atom. The quantitative estimate of drug-likeness (QED) is 0.727. The number of carbonyl (C=O) groups is 1. The van der Waals surface area contributed by atoms with E-state index in [9.17, 15) is 13.2 Å². The minimum absolute atomic E-state index is 0.0471. The number of benzene rings is 2. The van der Waals surface area contributed by atoms with Crippen molar-refractivity contribution in [2.24, 2.45) is 0 Å². The van der Waals surface area contributed by atoms with E-state index in [-0.39, 0.29) is 11.4 Å². The number of carbonyl (C=O) groups excluding carboxylic acids is 1. The molecule has 2 aromatic rings. The van der Waals surface area contributed by atoms with Crippen LogP contribution in [-0.2, 0) is 21.4 Å². The van der Waals surface area contributed by atoms with Gasteiger partial charge in [0.1, 0.15) is 0 Å².